The highest BCUT2D eigenvalue weighted by molar-refractivity contribution is 5.98. The van der Waals surface area contributed by atoms with Gasteiger partial charge in [-0.05, 0) is 67.2 Å². The summed E-state index contributed by atoms with van der Waals surface area (Å²) in [6.07, 6.45) is 11.3. The number of nitrogens with one attached hydrogen (secondary N) is 1. The normalized spacial score (nSPS) is 26.1. The predicted octanol–water partition coefficient (Wildman–Crippen LogP) is 3.43. The number of carbonyl (C=O) groups excluding carboxylic acids is 1. The van der Waals surface area contributed by atoms with E-state index in [0.717, 1.165) is 12.8 Å². The van der Waals surface area contributed by atoms with Crippen LogP contribution in [0.3, 0.4) is 0 Å². The van der Waals surface area contributed by atoms with Crippen LogP contribution in [-0.4, -0.2) is 54.4 Å². The predicted molar refractivity (Wildman–Crippen MR) is 119 cm³/mol. The Balaban J connectivity index is 1.26. The fourth-order valence-electron chi connectivity index (χ4n) is 5.31. The number of halogens is 1. The van der Waals surface area contributed by atoms with E-state index in [-0.39, 0.29) is 23.6 Å². The lowest BCUT2D eigenvalue weighted by atomic mass is 9.64. The van der Waals surface area contributed by atoms with Crippen LogP contribution in [-0.2, 0) is 0 Å². The minimum Gasteiger partial charge on any atom is -0.352 e. The van der Waals surface area contributed by atoms with Crippen molar-refractivity contribution in [2.24, 2.45) is 11.8 Å². The second-order valence-corrected chi connectivity index (χ2v) is 9.50. The number of rotatable bonds is 6. The van der Waals surface area contributed by atoms with E-state index >= 15 is 0 Å². The molecule has 2 bridgehead atoms. The first-order valence-corrected chi connectivity index (χ1v) is 11.6. The number of fused-ring (bicyclic) bond motifs is 2. The van der Waals surface area contributed by atoms with Gasteiger partial charge in [0, 0.05) is 25.0 Å². The molecule has 7 rings (SSSR count). The molecule has 2 aliphatic heterocycles. The second-order valence-electron chi connectivity index (χ2n) is 9.50. The molecule has 4 aliphatic rings. The zero-order valence-electron chi connectivity index (χ0n) is 18.4. The molecule has 9 heteroatoms. The molecule has 1 amide bonds. The molecular weight excluding hydrogens is 421 g/mol. The van der Waals surface area contributed by atoms with E-state index in [1.165, 1.54) is 35.3 Å². The van der Waals surface area contributed by atoms with E-state index < -0.39 is 5.82 Å². The number of piperidine rings is 2. The van der Waals surface area contributed by atoms with Gasteiger partial charge < -0.3 is 10.2 Å². The Morgan fingerprint density at radius 3 is 2.58 bits per heavy atom. The lowest BCUT2D eigenvalue weighted by molar-refractivity contribution is -0.0502. The summed E-state index contributed by atoms with van der Waals surface area (Å²) in [7, 11) is 0. The third-order valence-corrected chi connectivity index (χ3v) is 7.50. The quantitative estimate of drug-likeness (QED) is 0.623. The Labute approximate surface area is 191 Å². The Kier molecular flexibility index (Phi) is 4.85. The molecule has 2 atom stereocenters. The van der Waals surface area contributed by atoms with Gasteiger partial charge in [0.05, 0.1) is 29.7 Å². The number of amides is 1. The molecular formula is C24H26FN7O. The lowest BCUT2D eigenvalue weighted by Crippen LogP contribution is -2.64. The van der Waals surface area contributed by atoms with Crippen molar-refractivity contribution in [3.05, 3.63) is 59.9 Å². The van der Waals surface area contributed by atoms with Crippen LogP contribution in [0.15, 0.2) is 43.0 Å². The summed E-state index contributed by atoms with van der Waals surface area (Å²) in [4.78, 5) is 26.1. The van der Waals surface area contributed by atoms with Gasteiger partial charge in [0.2, 0.25) is 5.95 Å². The zero-order valence-corrected chi connectivity index (χ0v) is 18.4. The van der Waals surface area contributed by atoms with Gasteiger partial charge in [-0.25, -0.2) is 14.4 Å². The van der Waals surface area contributed by atoms with Crippen molar-refractivity contribution in [3.8, 4) is 5.69 Å². The minimum absolute atomic E-state index is 0.0385. The SMILES string of the molecule is C[C@@H]1C2CC(C2)N(C(=O)c2cc(F)ccc2-n2nccn2)C1CNc1ncc(C2CC2)cn1. The molecule has 2 saturated heterocycles. The smallest absolute Gasteiger partial charge is 0.256 e. The van der Waals surface area contributed by atoms with Crippen molar-refractivity contribution >= 4 is 11.9 Å². The molecule has 3 aromatic rings. The topological polar surface area (TPSA) is 88.8 Å². The highest BCUT2D eigenvalue weighted by Crippen LogP contribution is 2.47. The van der Waals surface area contributed by atoms with Crippen molar-refractivity contribution in [1.29, 1.82) is 0 Å². The highest BCUT2D eigenvalue weighted by atomic mass is 19.1. The van der Waals surface area contributed by atoms with Gasteiger partial charge in [0.15, 0.2) is 0 Å². The van der Waals surface area contributed by atoms with Gasteiger partial charge >= 0.3 is 0 Å². The molecule has 4 fully saturated rings. The molecule has 1 N–H and O–H groups in total. The number of benzene rings is 1. The van der Waals surface area contributed by atoms with Crippen LogP contribution in [0.25, 0.3) is 5.69 Å². The van der Waals surface area contributed by atoms with E-state index in [4.69, 9.17) is 0 Å². The fraction of sp³-hybridized carbons (Fsp3) is 0.458. The van der Waals surface area contributed by atoms with Crippen LogP contribution in [0.4, 0.5) is 10.3 Å². The molecule has 33 heavy (non-hydrogen) atoms. The summed E-state index contributed by atoms with van der Waals surface area (Å²) >= 11 is 0. The molecule has 2 saturated carbocycles. The van der Waals surface area contributed by atoms with Gasteiger partial charge in [0.1, 0.15) is 5.82 Å². The van der Waals surface area contributed by atoms with Crippen LogP contribution in [0.2, 0.25) is 0 Å². The van der Waals surface area contributed by atoms with E-state index in [1.807, 2.05) is 17.3 Å². The van der Waals surface area contributed by atoms with Crippen LogP contribution >= 0.6 is 0 Å². The first kappa shape index (κ1) is 20.3. The Hall–Kier alpha value is -3.36. The summed E-state index contributed by atoms with van der Waals surface area (Å²) in [5.41, 5.74) is 1.94. The third-order valence-electron chi connectivity index (χ3n) is 7.50. The molecule has 170 valence electrons. The van der Waals surface area contributed by atoms with Crippen LogP contribution < -0.4 is 5.32 Å². The number of nitrogens with zero attached hydrogens (tertiary/aromatic N) is 6. The number of aromatic nitrogens is 5. The van der Waals surface area contributed by atoms with Gasteiger partial charge in [-0.2, -0.15) is 15.0 Å². The summed E-state index contributed by atoms with van der Waals surface area (Å²) < 4.78 is 14.2. The second kappa shape index (κ2) is 7.90. The average molecular weight is 448 g/mol. The maximum absolute atomic E-state index is 14.2. The maximum atomic E-state index is 14.2. The third kappa shape index (κ3) is 3.65. The molecule has 8 nitrogen and oxygen atoms in total. The van der Waals surface area contributed by atoms with Gasteiger partial charge in [0.25, 0.3) is 5.91 Å². The van der Waals surface area contributed by atoms with Gasteiger partial charge in [-0.3, -0.25) is 4.79 Å². The average Bonchev–Trinajstić information content (AvgIpc) is 3.51. The van der Waals surface area contributed by atoms with E-state index in [1.54, 1.807) is 18.5 Å². The number of carbonyl (C=O) groups is 1. The van der Waals surface area contributed by atoms with Crippen molar-refractivity contribution in [1.82, 2.24) is 29.9 Å². The molecule has 2 aromatic heterocycles. The molecule has 1 unspecified atom stereocenters. The van der Waals surface area contributed by atoms with Crippen molar-refractivity contribution in [3.63, 3.8) is 0 Å². The molecule has 1 aromatic carbocycles. The molecule has 0 radical (unpaired) electrons. The highest BCUT2D eigenvalue weighted by Gasteiger charge is 2.50. The van der Waals surface area contributed by atoms with Gasteiger partial charge in [-0.15, -0.1) is 0 Å². The standard InChI is InChI=1S/C24H26FN7O/c1-14-16-8-19(9-16)31(22(14)13-28-24-26-11-17(12-27-24)15-2-3-15)23(33)20-10-18(25)4-5-21(20)32-29-6-7-30-32/h4-7,10-12,14-16,19,22H,2-3,8-9,13H2,1H3,(H,26,27,28)/t14-,16?,19?,22?/m1/s1. The summed E-state index contributed by atoms with van der Waals surface area (Å²) in [6, 6.07) is 4.30. The number of hydrogen-bond acceptors (Lipinski definition) is 6. The molecule has 0 spiro atoms. The lowest BCUT2D eigenvalue weighted by Gasteiger charge is -2.57. The summed E-state index contributed by atoms with van der Waals surface area (Å²) in [5, 5.41) is 11.6. The van der Waals surface area contributed by atoms with Crippen LogP contribution in [0.1, 0.15) is 54.4 Å². The van der Waals surface area contributed by atoms with Crippen molar-refractivity contribution in [2.75, 3.05) is 11.9 Å². The molecule has 4 heterocycles. The molecule has 2 aliphatic carbocycles. The van der Waals surface area contributed by atoms with E-state index in [0.29, 0.717) is 35.9 Å². The summed E-state index contributed by atoms with van der Waals surface area (Å²) in [5.74, 6) is 1.46. The monoisotopic (exact) mass is 447 g/mol. The van der Waals surface area contributed by atoms with Gasteiger partial charge in [-0.1, -0.05) is 6.92 Å². The maximum Gasteiger partial charge on any atom is 0.256 e. The Bertz CT molecular complexity index is 1160. The largest absolute Gasteiger partial charge is 0.352 e. The first-order valence-electron chi connectivity index (χ1n) is 11.6. The van der Waals surface area contributed by atoms with E-state index in [2.05, 4.69) is 32.4 Å². The van der Waals surface area contributed by atoms with Crippen LogP contribution in [0, 0.1) is 17.7 Å². The first-order chi connectivity index (χ1) is 16.1. The number of hydrogen-bond donors (Lipinski definition) is 1. The zero-order chi connectivity index (χ0) is 22.5. The van der Waals surface area contributed by atoms with E-state index in [9.17, 15) is 9.18 Å². The Morgan fingerprint density at radius 1 is 1.15 bits per heavy atom. The summed E-state index contributed by atoms with van der Waals surface area (Å²) in [6.45, 7) is 2.75. The fourth-order valence-corrected chi connectivity index (χ4v) is 5.31. The minimum atomic E-state index is -0.454. The van der Waals surface area contributed by atoms with Crippen LogP contribution in [0.5, 0.6) is 0 Å². The Morgan fingerprint density at radius 2 is 1.88 bits per heavy atom. The number of anilines is 1. The van der Waals surface area contributed by atoms with Crippen molar-refractivity contribution < 1.29 is 9.18 Å². The van der Waals surface area contributed by atoms with Crippen molar-refractivity contribution in [2.45, 2.75) is 50.6 Å².